The number of carbonyl (C=O) groups is 3. The van der Waals surface area contributed by atoms with E-state index in [4.69, 9.17) is 14.6 Å². The number of carbonyl (C=O) groups excluding carboxylic acids is 2. The molecule has 156 valence electrons. The normalized spacial score (nSPS) is 15.0. The maximum absolute atomic E-state index is 13.1. The number of nitrogens with zero attached hydrogens (tertiary/aromatic N) is 1. The quantitative estimate of drug-likeness (QED) is 0.633. The van der Waals surface area contributed by atoms with Crippen molar-refractivity contribution in [3.63, 3.8) is 0 Å². The fraction of sp³-hybridized carbons (Fsp3) is 0.190. The number of thioether (sulfide) groups is 1. The first-order valence-electron chi connectivity index (χ1n) is 8.98. The van der Waals surface area contributed by atoms with Crippen LogP contribution >= 0.6 is 11.8 Å². The summed E-state index contributed by atoms with van der Waals surface area (Å²) in [7, 11) is 0. The minimum atomic E-state index is -1.11. The van der Waals surface area contributed by atoms with E-state index in [1.807, 2.05) is 0 Å². The topological polar surface area (TPSA) is 93.1 Å². The fourth-order valence-corrected chi connectivity index (χ4v) is 3.54. The minimum Gasteiger partial charge on any atom is -0.490 e. The van der Waals surface area contributed by atoms with Crippen LogP contribution in [0.1, 0.15) is 18.1 Å². The number of aliphatic carboxylic acids is 1. The van der Waals surface area contributed by atoms with Crippen LogP contribution in [0.2, 0.25) is 0 Å². The van der Waals surface area contributed by atoms with Gasteiger partial charge in [0.2, 0.25) is 0 Å². The van der Waals surface area contributed by atoms with Gasteiger partial charge in [-0.25, -0.2) is 9.18 Å². The molecule has 1 saturated heterocycles. The van der Waals surface area contributed by atoms with Gasteiger partial charge in [0.05, 0.1) is 18.1 Å². The molecule has 0 radical (unpaired) electrons. The van der Waals surface area contributed by atoms with Crippen LogP contribution in [0.3, 0.4) is 0 Å². The molecule has 1 fully saturated rings. The van der Waals surface area contributed by atoms with Crippen LogP contribution in [0, 0.1) is 5.82 Å². The lowest BCUT2D eigenvalue weighted by atomic mass is 10.1. The Morgan fingerprint density at radius 1 is 1.13 bits per heavy atom. The van der Waals surface area contributed by atoms with Crippen LogP contribution in [0.25, 0.3) is 6.08 Å². The summed E-state index contributed by atoms with van der Waals surface area (Å²) in [6.07, 6.45) is 1.55. The van der Waals surface area contributed by atoms with E-state index in [9.17, 15) is 18.8 Å². The van der Waals surface area contributed by atoms with Crippen molar-refractivity contribution in [2.75, 3.05) is 13.2 Å². The Morgan fingerprint density at radius 2 is 1.87 bits per heavy atom. The van der Waals surface area contributed by atoms with Crippen LogP contribution in [-0.4, -0.2) is 40.3 Å². The van der Waals surface area contributed by atoms with Gasteiger partial charge in [0.25, 0.3) is 11.1 Å². The number of amides is 2. The van der Waals surface area contributed by atoms with Crippen molar-refractivity contribution in [3.05, 3.63) is 64.3 Å². The maximum Gasteiger partial charge on any atom is 0.341 e. The summed E-state index contributed by atoms with van der Waals surface area (Å²) >= 11 is 0.811. The smallest absolute Gasteiger partial charge is 0.341 e. The molecule has 0 bridgehead atoms. The van der Waals surface area contributed by atoms with E-state index in [0.29, 0.717) is 23.5 Å². The third-order valence-electron chi connectivity index (χ3n) is 4.04. The van der Waals surface area contributed by atoms with E-state index >= 15 is 0 Å². The Kier molecular flexibility index (Phi) is 6.73. The molecule has 2 amide bonds. The van der Waals surface area contributed by atoms with E-state index < -0.39 is 29.5 Å². The molecular formula is C21H18FNO6S. The monoisotopic (exact) mass is 431 g/mol. The molecule has 2 aromatic rings. The molecule has 1 aliphatic rings. The van der Waals surface area contributed by atoms with Gasteiger partial charge >= 0.3 is 5.97 Å². The largest absolute Gasteiger partial charge is 0.490 e. The first-order valence-corrected chi connectivity index (χ1v) is 9.80. The summed E-state index contributed by atoms with van der Waals surface area (Å²) in [4.78, 5) is 37.0. The van der Waals surface area contributed by atoms with Crippen molar-refractivity contribution in [1.29, 1.82) is 0 Å². The third kappa shape index (κ3) is 5.18. The molecule has 3 rings (SSSR count). The molecule has 1 N–H and O–H groups in total. The summed E-state index contributed by atoms with van der Waals surface area (Å²) in [6, 6.07) is 10.4. The van der Waals surface area contributed by atoms with Crippen LogP contribution in [0.4, 0.5) is 9.18 Å². The van der Waals surface area contributed by atoms with E-state index in [2.05, 4.69) is 0 Å². The van der Waals surface area contributed by atoms with Crippen molar-refractivity contribution >= 4 is 35.0 Å². The lowest BCUT2D eigenvalue weighted by Gasteiger charge is -2.12. The van der Waals surface area contributed by atoms with Crippen LogP contribution in [0.15, 0.2) is 47.4 Å². The predicted molar refractivity (Wildman–Crippen MR) is 109 cm³/mol. The van der Waals surface area contributed by atoms with Crippen LogP contribution in [-0.2, 0) is 16.1 Å². The van der Waals surface area contributed by atoms with Crippen molar-refractivity contribution in [3.8, 4) is 11.5 Å². The molecule has 2 aromatic carbocycles. The minimum absolute atomic E-state index is 0.0500. The van der Waals surface area contributed by atoms with E-state index in [1.165, 1.54) is 24.3 Å². The zero-order valence-electron chi connectivity index (χ0n) is 16.0. The summed E-state index contributed by atoms with van der Waals surface area (Å²) in [5, 5.41) is 8.35. The van der Waals surface area contributed by atoms with Gasteiger partial charge in [-0.05, 0) is 60.2 Å². The first-order chi connectivity index (χ1) is 14.4. The van der Waals surface area contributed by atoms with Crippen molar-refractivity contribution < 1.29 is 33.4 Å². The summed E-state index contributed by atoms with van der Waals surface area (Å²) in [5.41, 5.74) is 1.23. The Hall–Kier alpha value is -3.33. The highest BCUT2D eigenvalue weighted by atomic mass is 32.2. The Morgan fingerprint density at radius 3 is 2.53 bits per heavy atom. The van der Waals surface area contributed by atoms with Crippen LogP contribution < -0.4 is 9.47 Å². The number of rotatable bonds is 8. The zero-order chi connectivity index (χ0) is 21.7. The molecule has 1 aliphatic heterocycles. The van der Waals surface area contributed by atoms with Gasteiger partial charge in [0, 0.05) is 0 Å². The average molecular weight is 431 g/mol. The van der Waals surface area contributed by atoms with E-state index in [0.717, 1.165) is 16.7 Å². The third-order valence-corrected chi connectivity index (χ3v) is 4.95. The standard InChI is InChI=1S/C21H18FNO6S/c1-2-28-17-9-14(5-8-16(17)29-12-19(24)25)10-18-20(26)23(21(27)30-18)11-13-3-6-15(22)7-4-13/h3-10H,2,11-12H2,1H3,(H,24,25)/b18-10+. The molecule has 0 atom stereocenters. The van der Waals surface area contributed by atoms with Crippen molar-refractivity contribution in [2.45, 2.75) is 13.5 Å². The molecular weight excluding hydrogens is 413 g/mol. The second-order valence-electron chi connectivity index (χ2n) is 6.22. The molecule has 0 unspecified atom stereocenters. The van der Waals surface area contributed by atoms with Crippen molar-refractivity contribution in [2.24, 2.45) is 0 Å². The maximum atomic E-state index is 13.1. The first kappa shape index (κ1) is 21.4. The van der Waals surface area contributed by atoms with Gasteiger partial charge < -0.3 is 14.6 Å². The van der Waals surface area contributed by atoms with E-state index in [1.54, 1.807) is 31.2 Å². The molecule has 7 nitrogen and oxygen atoms in total. The molecule has 0 spiro atoms. The predicted octanol–water partition coefficient (Wildman–Crippen LogP) is 3.92. The molecule has 0 saturated carbocycles. The molecule has 1 heterocycles. The lowest BCUT2D eigenvalue weighted by Crippen LogP contribution is -2.27. The number of carboxylic acids is 1. The highest BCUT2D eigenvalue weighted by molar-refractivity contribution is 8.18. The molecule has 30 heavy (non-hydrogen) atoms. The van der Waals surface area contributed by atoms with Gasteiger partial charge in [-0.3, -0.25) is 14.5 Å². The summed E-state index contributed by atoms with van der Waals surface area (Å²) in [6.45, 7) is 1.64. The highest BCUT2D eigenvalue weighted by Crippen LogP contribution is 2.35. The lowest BCUT2D eigenvalue weighted by molar-refractivity contribution is -0.139. The number of benzene rings is 2. The summed E-state index contributed by atoms with van der Waals surface area (Å²) in [5.74, 6) is -1.36. The Bertz CT molecular complexity index is 1010. The average Bonchev–Trinajstić information content (AvgIpc) is 2.96. The Labute approximate surface area is 176 Å². The van der Waals surface area contributed by atoms with Gasteiger partial charge in [-0.2, -0.15) is 0 Å². The number of halogens is 1. The van der Waals surface area contributed by atoms with Gasteiger partial charge in [-0.15, -0.1) is 0 Å². The van der Waals surface area contributed by atoms with E-state index in [-0.39, 0.29) is 17.2 Å². The number of imide groups is 1. The SMILES string of the molecule is CCOc1cc(/C=C2/SC(=O)N(Cc3ccc(F)cc3)C2=O)ccc1OCC(=O)O. The number of carboxylic acid groups (broad SMARTS) is 1. The Balaban J connectivity index is 1.79. The number of ether oxygens (including phenoxy) is 2. The number of hydrogen-bond acceptors (Lipinski definition) is 6. The zero-order valence-corrected chi connectivity index (χ0v) is 16.8. The van der Waals surface area contributed by atoms with Crippen molar-refractivity contribution in [1.82, 2.24) is 4.90 Å². The van der Waals surface area contributed by atoms with Gasteiger partial charge in [-0.1, -0.05) is 18.2 Å². The molecule has 9 heteroatoms. The highest BCUT2D eigenvalue weighted by Gasteiger charge is 2.35. The number of hydrogen-bond donors (Lipinski definition) is 1. The van der Waals surface area contributed by atoms with Gasteiger partial charge in [0.1, 0.15) is 5.82 Å². The molecule has 0 aromatic heterocycles. The fourth-order valence-electron chi connectivity index (χ4n) is 2.70. The van der Waals surface area contributed by atoms with Gasteiger partial charge in [0.15, 0.2) is 18.1 Å². The van der Waals surface area contributed by atoms with Crippen LogP contribution in [0.5, 0.6) is 11.5 Å². The molecule has 0 aliphatic carbocycles. The summed E-state index contributed by atoms with van der Waals surface area (Å²) < 4.78 is 23.7. The second-order valence-corrected chi connectivity index (χ2v) is 7.21. The second kappa shape index (κ2) is 9.45.